The summed E-state index contributed by atoms with van der Waals surface area (Å²) >= 11 is 0. The number of carboxylic acid groups (broad SMARTS) is 1. The molecule has 2 amide bonds. The molecule has 45 heavy (non-hydrogen) atoms. The van der Waals surface area contributed by atoms with E-state index >= 15 is 0 Å². The molecule has 2 atom stereocenters. The highest BCUT2D eigenvalue weighted by atomic mass is 16.5. The van der Waals surface area contributed by atoms with Crippen molar-refractivity contribution < 1.29 is 29.3 Å². The molecule has 4 N–H and O–H groups in total. The van der Waals surface area contributed by atoms with Gasteiger partial charge in [0.2, 0.25) is 11.8 Å². The van der Waals surface area contributed by atoms with Crippen LogP contribution in [0.4, 0.5) is 5.69 Å². The average molecular weight is 623 g/mol. The number of ether oxygens (including phenoxy) is 1. The van der Waals surface area contributed by atoms with Crippen molar-refractivity contribution in [3.8, 4) is 5.75 Å². The summed E-state index contributed by atoms with van der Waals surface area (Å²) in [6, 6.07) is 2.97. The predicted octanol–water partition coefficient (Wildman–Crippen LogP) is 8.28. The summed E-state index contributed by atoms with van der Waals surface area (Å²) in [5.41, 5.74) is -0.105. The van der Waals surface area contributed by atoms with E-state index in [1.807, 2.05) is 20.8 Å². The Morgan fingerprint density at radius 3 is 1.93 bits per heavy atom. The first-order valence-electron chi connectivity index (χ1n) is 16.2. The Hall–Kier alpha value is -3.91. The van der Waals surface area contributed by atoms with Crippen LogP contribution in [0, 0.1) is 5.92 Å². The summed E-state index contributed by atoms with van der Waals surface area (Å²) in [6.45, 7) is 8.34. The largest absolute Gasteiger partial charge is 0.507 e. The van der Waals surface area contributed by atoms with Gasteiger partial charge in [0.25, 0.3) is 0 Å². The van der Waals surface area contributed by atoms with E-state index in [9.17, 15) is 24.6 Å². The average Bonchev–Trinajstić information content (AvgIpc) is 3.00. The van der Waals surface area contributed by atoms with Gasteiger partial charge in [-0.3, -0.25) is 9.59 Å². The monoisotopic (exact) mass is 622 g/mol. The summed E-state index contributed by atoms with van der Waals surface area (Å²) in [6.07, 6.45) is 29.6. The number of amides is 2. The Bertz CT molecular complexity index is 1170. The second-order valence-corrected chi connectivity index (χ2v) is 11.2. The molecule has 0 aliphatic carbocycles. The first kappa shape index (κ1) is 39.1. The van der Waals surface area contributed by atoms with Crippen LogP contribution in [0.1, 0.15) is 102 Å². The Labute approximate surface area is 270 Å². The number of rotatable bonds is 23. The topological polar surface area (TPSA) is 125 Å². The van der Waals surface area contributed by atoms with Crippen LogP contribution in [0.5, 0.6) is 5.75 Å². The maximum absolute atomic E-state index is 13.0. The van der Waals surface area contributed by atoms with Gasteiger partial charge < -0.3 is 25.6 Å². The third kappa shape index (κ3) is 18.5. The van der Waals surface area contributed by atoms with Gasteiger partial charge in [-0.2, -0.15) is 0 Å². The maximum atomic E-state index is 13.0. The minimum absolute atomic E-state index is 0.118. The van der Waals surface area contributed by atoms with E-state index < -0.39 is 29.8 Å². The Kier molecular flexibility index (Phi) is 21.2. The van der Waals surface area contributed by atoms with E-state index in [2.05, 4.69) is 78.3 Å². The van der Waals surface area contributed by atoms with Crippen molar-refractivity contribution in [2.45, 2.75) is 104 Å². The quantitative estimate of drug-likeness (QED) is 0.0553. The number of allylic oxidation sites excluding steroid dienone is 10. The number of benzene rings is 1. The van der Waals surface area contributed by atoms with Gasteiger partial charge in [0.1, 0.15) is 23.5 Å². The van der Waals surface area contributed by atoms with E-state index in [1.165, 1.54) is 18.2 Å². The molecular weight excluding hydrogens is 568 g/mol. The van der Waals surface area contributed by atoms with Crippen LogP contribution in [0.2, 0.25) is 0 Å². The fourth-order valence-corrected chi connectivity index (χ4v) is 4.32. The molecule has 0 radical (unpaired) electrons. The molecule has 1 aromatic carbocycles. The van der Waals surface area contributed by atoms with Crippen LogP contribution in [0.3, 0.4) is 0 Å². The normalized spacial score (nSPS) is 13.5. The number of carbonyl (C=O) groups excluding carboxylic acids is 2. The number of carboxylic acids is 1. The lowest BCUT2D eigenvalue weighted by Gasteiger charge is -2.23. The van der Waals surface area contributed by atoms with E-state index in [0.29, 0.717) is 19.4 Å². The number of hydrogen-bond donors (Lipinski definition) is 4. The second-order valence-electron chi connectivity index (χ2n) is 11.2. The first-order chi connectivity index (χ1) is 21.7. The number of nitrogens with one attached hydrogen (secondary N) is 2. The lowest BCUT2D eigenvalue weighted by molar-refractivity contribution is -0.136. The minimum Gasteiger partial charge on any atom is -0.507 e. The fourth-order valence-electron chi connectivity index (χ4n) is 4.32. The number of unbranched alkanes of at least 4 members (excludes halogenated alkanes) is 2. The number of hydrogen-bond acceptors (Lipinski definition) is 5. The molecule has 0 saturated carbocycles. The molecule has 1 unspecified atom stereocenters. The van der Waals surface area contributed by atoms with Crippen molar-refractivity contribution in [2.24, 2.45) is 5.92 Å². The Morgan fingerprint density at radius 1 is 0.822 bits per heavy atom. The van der Waals surface area contributed by atoms with Gasteiger partial charge in [-0.15, -0.1) is 0 Å². The summed E-state index contributed by atoms with van der Waals surface area (Å²) in [4.78, 5) is 37.3. The fraction of sp³-hybridized carbons (Fsp3) is 0.486. The van der Waals surface area contributed by atoms with E-state index in [-0.39, 0.29) is 23.1 Å². The van der Waals surface area contributed by atoms with Crippen molar-refractivity contribution in [2.75, 3.05) is 11.9 Å². The molecule has 0 heterocycles. The lowest BCUT2D eigenvalue weighted by Crippen LogP contribution is -2.48. The van der Waals surface area contributed by atoms with Gasteiger partial charge in [-0.1, -0.05) is 88.5 Å². The van der Waals surface area contributed by atoms with Gasteiger partial charge >= 0.3 is 5.97 Å². The molecule has 0 aliphatic heterocycles. The molecule has 0 spiro atoms. The zero-order valence-corrected chi connectivity index (χ0v) is 27.5. The van der Waals surface area contributed by atoms with Crippen LogP contribution in [0.25, 0.3) is 0 Å². The van der Waals surface area contributed by atoms with E-state index in [1.54, 1.807) is 0 Å². The highest BCUT2D eigenvalue weighted by molar-refractivity contribution is 5.99. The van der Waals surface area contributed by atoms with Gasteiger partial charge in [-0.05, 0) is 88.3 Å². The Balaban J connectivity index is 2.37. The number of aromatic carboxylic acids is 1. The molecule has 8 heteroatoms. The summed E-state index contributed by atoms with van der Waals surface area (Å²) in [5, 5.41) is 24.4. The van der Waals surface area contributed by atoms with E-state index in [0.717, 1.165) is 51.4 Å². The highest BCUT2D eigenvalue weighted by Crippen LogP contribution is 2.22. The number of carbonyl (C=O) groups is 3. The molecule has 0 aromatic heterocycles. The summed E-state index contributed by atoms with van der Waals surface area (Å²) < 4.78 is 5.86. The van der Waals surface area contributed by atoms with Crippen LogP contribution < -0.4 is 10.6 Å². The smallest absolute Gasteiger partial charge is 0.339 e. The number of anilines is 1. The number of aromatic hydroxyl groups is 1. The van der Waals surface area contributed by atoms with Gasteiger partial charge in [0.15, 0.2) is 0 Å². The van der Waals surface area contributed by atoms with Crippen molar-refractivity contribution in [1.29, 1.82) is 0 Å². The van der Waals surface area contributed by atoms with Gasteiger partial charge in [0.05, 0.1) is 0 Å². The molecule has 1 aromatic rings. The zero-order chi connectivity index (χ0) is 33.3. The zero-order valence-electron chi connectivity index (χ0n) is 27.5. The lowest BCUT2D eigenvalue weighted by atomic mass is 10.0. The first-order valence-corrected chi connectivity index (χ1v) is 16.2. The van der Waals surface area contributed by atoms with E-state index in [4.69, 9.17) is 4.74 Å². The third-order valence-corrected chi connectivity index (χ3v) is 6.74. The van der Waals surface area contributed by atoms with Crippen LogP contribution in [-0.4, -0.2) is 46.7 Å². The van der Waals surface area contributed by atoms with Crippen LogP contribution >= 0.6 is 0 Å². The molecule has 0 fully saturated rings. The molecule has 1 rings (SSSR count). The summed E-state index contributed by atoms with van der Waals surface area (Å²) in [7, 11) is 0. The highest BCUT2D eigenvalue weighted by Gasteiger charge is 2.26. The van der Waals surface area contributed by atoms with Gasteiger partial charge in [0, 0.05) is 12.3 Å². The van der Waals surface area contributed by atoms with Gasteiger partial charge in [-0.25, -0.2) is 4.79 Å². The van der Waals surface area contributed by atoms with Crippen molar-refractivity contribution in [3.05, 3.63) is 84.5 Å². The molecular formula is C37H54N2O6. The maximum Gasteiger partial charge on any atom is 0.339 e. The molecule has 8 nitrogen and oxygen atoms in total. The third-order valence-electron chi connectivity index (χ3n) is 6.74. The molecule has 0 bridgehead atoms. The second kappa shape index (κ2) is 24.4. The van der Waals surface area contributed by atoms with Crippen LogP contribution in [0.15, 0.2) is 79.0 Å². The van der Waals surface area contributed by atoms with Crippen molar-refractivity contribution >= 4 is 23.5 Å². The van der Waals surface area contributed by atoms with Crippen LogP contribution in [-0.2, 0) is 14.3 Å². The molecule has 0 saturated heterocycles. The molecule has 0 aliphatic rings. The number of phenols is 1. The predicted molar refractivity (Wildman–Crippen MR) is 183 cm³/mol. The Morgan fingerprint density at radius 2 is 1.40 bits per heavy atom. The van der Waals surface area contributed by atoms with Crippen molar-refractivity contribution in [3.63, 3.8) is 0 Å². The SMILES string of the molecule is CCC=CCC=CCC=CCC=CCC=CCCCCO[C@H](CC)C(=O)NC(CC(C)C)C(=O)Nc1ccc(O)c(C(=O)O)c1. The minimum atomic E-state index is -1.31. The van der Waals surface area contributed by atoms with Crippen molar-refractivity contribution in [1.82, 2.24) is 5.32 Å². The summed E-state index contributed by atoms with van der Waals surface area (Å²) in [5.74, 6) is -2.41. The standard InChI is InChI=1S/C37H54N2O6/c1-5-7-8-9-10-11-12-13-14-15-16-17-18-19-20-21-22-23-26-45-34(6-2)36(42)39-32(27-29(3)4)35(41)38-30-24-25-33(40)31(28-30)37(43)44/h7-8,10-11,13-14,16-17,19-20,24-25,28-29,32,34,40H,5-6,9,12,15,18,21-23,26-27H2,1-4H3,(H,38,41)(H,39,42)(H,43,44)/t32?,34-/m1/s1. The molecule has 248 valence electrons.